The molecule has 0 saturated heterocycles. The topological polar surface area (TPSA) is 18.5 Å². The predicted octanol–water partition coefficient (Wildman–Crippen LogP) is 4.84. The van der Waals surface area contributed by atoms with Gasteiger partial charge in [0.25, 0.3) is 8.32 Å². The number of methoxy groups -OCH3 is 1. The molecule has 0 amide bonds. The minimum absolute atomic E-state index is 0.174. The molecule has 4 heteroatoms. The zero-order valence-corrected chi connectivity index (χ0v) is 14.0. The summed E-state index contributed by atoms with van der Waals surface area (Å²) in [6, 6.07) is 5.85. The molecule has 96 valence electrons. The van der Waals surface area contributed by atoms with Gasteiger partial charge in [0.15, 0.2) is 11.5 Å². The molecule has 0 heterocycles. The van der Waals surface area contributed by atoms with Crippen molar-refractivity contribution in [2.75, 3.05) is 7.11 Å². The van der Waals surface area contributed by atoms with Gasteiger partial charge in [-0.15, -0.1) is 0 Å². The smallest absolute Gasteiger partial charge is 0.250 e. The van der Waals surface area contributed by atoms with Crippen LogP contribution >= 0.6 is 15.9 Å². The minimum Gasteiger partial charge on any atom is -0.540 e. The van der Waals surface area contributed by atoms with Gasteiger partial charge in [-0.1, -0.05) is 26.8 Å². The lowest BCUT2D eigenvalue weighted by atomic mass is 10.2. The van der Waals surface area contributed by atoms with Crippen molar-refractivity contribution in [1.82, 2.24) is 0 Å². The monoisotopic (exact) mass is 316 g/mol. The number of halogens is 1. The second-order valence-electron chi connectivity index (χ2n) is 5.63. The molecule has 0 unspecified atom stereocenters. The Morgan fingerprint density at radius 1 is 1.18 bits per heavy atom. The highest BCUT2D eigenvalue weighted by atomic mass is 79.9. The summed E-state index contributed by atoms with van der Waals surface area (Å²) in [7, 11) is -0.168. The van der Waals surface area contributed by atoms with Gasteiger partial charge in [-0.05, 0) is 46.2 Å². The fourth-order valence-electron chi connectivity index (χ4n) is 1.16. The van der Waals surface area contributed by atoms with Crippen LogP contribution in [0.3, 0.4) is 0 Å². The Balaban J connectivity index is 3.11. The maximum absolute atomic E-state index is 6.29. The van der Waals surface area contributed by atoms with Crippen molar-refractivity contribution in [2.24, 2.45) is 0 Å². The molecular weight excluding hydrogens is 296 g/mol. The zero-order chi connectivity index (χ0) is 13.3. The Hall–Kier alpha value is -0.483. The first-order valence-electron chi connectivity index (χ1n) is 5.70. The second kappa shape index (κ2) is 5.02. The Morgan fingerprint density at radius 2 is 1.76 bits per heavy atom. The van der Waals surface area contributed by atoms with Crippen LogP contribution in [-0.2, 0) is 0 Å². The SMILES string of the molecule is COc1cccc(Br)c1O[Si](C)(C)C(C)(C)C. The molecule has 17 heavy (non-hydrogen) atoms. The molecule has 0 bridgehead atoms. The largest absolute Gasteiger partial charge is 0.540 e. The number of ether oxygens (including phenoxy) is 1. The molecule has 2 nitrogen and oxygen atoms in total. The van der Waals surface area contributed by atoms with Crippen LogP contribution in [0.1, 0.15) is 20.8 Å². The first-order valence-corrected chi connectivity index (χ1v) is 9.40. The van der Waals surface area contributed by atoms with Crippen LogP contribution in [0, 0.1) is 0 Å². The van der Waals surface area contributed by atoms with Gasteiger partial charge >= 0.3 is 0 Å². The van der Waals surface area contributed by atoms with Crippen LogP contribution < -0.4 is 9.16 Å². The molecule has 1 aromatic rings. The first kappa shape index (κ1) is 14.6. The maximum atomic E-state index is 6.29. The van der Waals surface area contributed by atoms with E-state index in [1.807, 2.05) is 18.2 Å². The lowest BCUT2D eigenvalue weighted by Gasteiger charge is -2.37. The van der Waals surface area contributed by atoms with Crippen molar-refractivity contribution < 1.29 is 9.16 Å². The van der Waals surface area contributed by atoms with Crippen molar-refractivity contribution in [3.8, 4) is 11.5 Å². The third kappa shape index (κ3) is 3.25. The highest BCUT2D eigenvalue weighted by molar-refractivity contribution is 9.10. The van der Waals surface area contributed by atoms with E-state index >= 15 is 0 Å². The van der Waals surface area contributed by atoms with E-state index in [9.17, 15) is 0 Å². The summed E-state index contributed by atoms with van der Waals surface area (Å²) in [5, 5.41) is 0.174. The van der Waals surface area contributed by atoms with E-state index < -0.39 is 8.32 Å². The third-order valence-electron chi connectivity index (χ3n) is 3.31. The van der Waals surface area contributed by atoms with Gasteiger partial charge in [0.1, 0.15) is 0 Å². The summed E-state index contributed by atoms with van der Waals surface area (Å²) in [5.74, 6) is 1.60. The lowest BCUT2D eigenvalue weighted by Crippen LogP contribution is -2.44. The molecule has 0 N–H and O–H groups in total. The van der Waals surface area contributed by atoms with Gasteiger partial charge in [0.05, 0.1) is 11.6 Å². The molecule has 0 aliphatic heterocycles. The molecule has 0 aliphatic carbocycles. The van der Waals surface area contributed by atoms with Gasteiger partial charge in [-0.25, -0.2) is 0 Å². The molecule has 1 aromatic carbocycles. The van der Waals surface area contributed by atoms with Crippen molar-refractivity contribution >= 4 is 24.2 Å². The van der Waals surface area contributed by atoms with E-state index in [1.54, 1.807) is 7.11 Å². The standard InChI is InChI=1S/C13H21BrO2Si/c1-13(2,3)17(5,6)16-12-10(14)8-7-9-11(12)15-4/h7-9H,1-6H3. The van der Waals surface area contributed by atoms with E-state index in [-0.39, 0.29) is 5.04 Å². The summed E-state index contributed by atoms with van der Waals surface area (Å²) in [6.45, 7) is 11.1. The second-order valence-corrected chi connectivity index (χ2v) is 11.2. The summed E-state index contributed by atoms with van der Waals surface area (Å²) >= 11 is 3.52. The summed E-state index contributed by atoms with van der Waals surface area (Å²) < 4.78 is 12.6. The summed E-state index contributed by atoms with van der Waals surface area (Å²) in [4.78, 5) is 0. The van der Waals surface area contributed by atoms with Crippen LogP contribution in [0.25, 0.3) is 0 Å². The highest BCUT2D eigenvalue weighted by Crippen LogP contribution is 2.42. The molecule has 0 aromatic heterocycles. The molecular formula is C13H21BrO2Si. The number of hydrogen-bond donors (Lipinski definition) is 0. The van der Waals surface area contributed by atoms with Gasteiger partial charge in [-0.3, -0.25) is 0 Å². The molecule has 0 saturated carbocycles. The Kier molecular flexibility index (Phi) is 4.31. The fraction of sp³-hybridized carbons (Fsp3) is 0.538. The quantitative estimate of drug-likeness (QED) is 0.743. The van der Waals surface area contributed by atoms with Gasteiger partial charge < -0.3 is 9.16 Å². The highest BCUT2D eigenvalue weighted by Gasteiger charge is 2.39. The van der Waals surface area contributed by atoms with Crippen LogP contribution in [0.5, 0.6) is 11.5 Å². The molecule has 0 spiro atoms. The van der Waals surface area contributed by atoms with Gasteiger partial charge in [-0.2, -0.15) is 0 Å². The van der Waals surface area contributed by atoms with Crippen molar-refractivity contribution in [3.63, 3.8) is 0 Å². The lowest BCUT2D eigenvalue weighted by molar-refractivity contribution is 0.385. The Labute approximate surface area is 114 Å². The Morgan fingerprint density at radius 3 is 2.24 bits per heavy atom. The molecule has 0 aliphatic rings. The predicted molar refractivity (Wildman–Crippen MR) is 78.5 cm³/mol. The van der Waals surface area contributed by atoms with Crippen LogP contribution in [-0.4, -0.2) is 15.4 Å². The van der Waals surface area contributed by atoms with Gasteiger partial charge in [0.2, 0.25) is 0 Å². The molecule has 0 atom stereocenters. The number of para-hydroxylation sites is 1. The fourth-order valence-corrected chi connectivity index (χ4v) is 2.76. The first-order chi connectivity index (χ1) is 7.69. The van der Waals surface area contributed by atoms with E-state index in [1.165, 1.54) is 0 Å². The molecule has 0 fully saturated rings. The number of hydrogen-bond acceptors (Lipinski definition) is 2. The van der Waals surface area contributed by atoms with Crippen LogP contribution in [0.2, 0.25) is 18.1 Å². The van der Waals surface area contributed by atoms with Crippen LogP contribution in [0.4, 0.5) is 0 Å². The van der Waals surface area contributed by atoms with Crippen molar-refractivity contribution in [3.05, 3.63) is 22.7 Å². The van der Waals surface area contributed by atoms with Gasteiger partial charge in [0, 0.05) is 0 Å². The molecule has 0 radical (unpaired) electrons. The normalized spacial score (nSPS) is 12.4. The third-order valence-corrected chi connectivity index (χ3v) is 8.27. The summed E-state index contributed by atoms with van der Waals surface area (Å²) in [5.41, 5.74) is 0. The Bertz CT molecular complexity index is 397. The number of rotatable bonds is 3. The molecule has 1 rings (SSSR count). The maximum Gasteiger partial charge on any atom is 0.250 e. The van der Waals surface area contributed by atoms with Crippen LogP contribution in [0.15, 0.2) is 22.7 Å². The van der Waals surface area contributed by atoms with E-state index in [0.717, 1.165) is 16.0 Å². The van der Waals surface area contributed by atoms with E-state index in [4.69, 9.17) is 9.16 Å². The zero-order valence-electron chi connectivity index (χ0n) is 11.4. The van der Waals surface area contributed by atoms with Crippen molar-refractivity contribution in [1.29, 1.82) is 0 Å². The van der Waals surface area contributed by atoms with Crippen molar-refractivity contribution in [2.45, 2.75) is 38.9 Å². The van der Waals surface area contributed by atoms with E-state index in [0.29, 0.717) is 0 Å². The minimum atomic E-state index is -1.83. The average molecular weight is 317 g/mol. The number of benzene rings is 1. The summed E-state index contributed by atoms with van der Waals surface area (Å²) in [6.07, 6.45) is 0. The van der Waals surface area contributed by atoms with E-state index in [2.05, 4.69) is 49.8 Å². The average Bonchev–Trinajstić information content (AvgIpc) is 2.19.